The Morgan fingerprint density at radius 1 is 0.788 bits per heavy atom. The zero-order chi connectivity index (χ0) is 23.2. The largest absolute Gasteiger partial charge is 0.497 e. The second-order valence-electron chi connectivity index (χ2n) is 7.89. The van der Waals surface area contributed by atoms with E-state index in [9.17, 15) is 8.42 Å². The number of rotatable bonds is 5. The van der Waals surface area contributed by atoms with Crippen molar-refractivity contribution in [3.05, 3.63) is 96.4 Å². The maximum absolute atomic E-state index is 13.2. The number of aromatic nitrogens is 3. The van der Waals surface area contributed by atoms with Crippen molar-refractivity contribution in [3.8, 4) is 28.1 Å². The molecule has 0 amide bonds. The standard InChI is InChI=1S/C26H23N3O3S/c1-18-7-8-19(2)29(18)33(30,31)23-15-11-21(12-16-23)26-25(20-9-13-22(32-3)14-10-20)24-6-4-5-17-28(24)27-26/h4-17H,1-3H3. The van der Waals surface area contributed by atoms with Crippen molar-refractivity contribution in [2.45, 2.75) is 18.7 Å². The molecule has 0 fully saturated rings. The molecular weight excluding hydrogens is 434 g/mol. The van der Waals surface area contributed by atoms with Gasteiger partial charge >= 0.3 is 0 Å². The van der Waals surface area contributed by atoms with E-state index in [2.05, 4.69) is 0 Å². The quantitative estimate of drug-likeness (QED) is 0.358. The van der Waals surface area contributed by atoms with Crippen molar-refractivity contribution >= 4 is 15.5 Å². The molecule has 0 aliphatic carbocycles. The summed E-state index contributed by atoms with van der Waals surface area (Å²) in [6.07, 6.45) is 1.91. The monoisotopic (exact) mass is 457 g/mol. The number of methoxy groups -OCH3 is 1. The first-order chi connectivity index (χ1) is 15.9. The number of hydrogen-bond acceptors (Lipinski definition) is 4. The average molecular weight is 458 g/mol. The van der Waals surface area contributed by atoms with E-state index in [1.54, 1.807) is 45.2 Å². The highest BCUT2D eigenvalue weighted by Crippen LogP contribution is 2.36. The predicted molar refractivity (Wildman–Crippen MR) is 129 cm³/mol. The Morgan fingerprint density at radius 3 is 2.06 bits per heavy atom. The zero-order valence-electron chi connectivity index (χ0n) is 18.6. The number of ether oxygens (including phenoxy) is 1. The summed E-state index contributed by atoms with van der Waals surface area (Å²) in [5, 5.41) is 4.80. The predicted octanol–water partition coefficient (Wildman–Crippen LogP) is 5.33. The second kappa shape index (κ2) is 7.94. The topological polar surface area (TPSA) is 65.6 Å². The van der Waals surface area contributed by atoms with E-state index in [0.717, 1.165) is 33.7 Å². The van der Waals surface area contributed by atoms with E-state index in [4.69, 9.17) is 9.84 Å². The summed E-state index contributed by atoms with van der Waals surface area (Å²) in [6.45, 7) is 3.58. The number of pyridine rings is 1. The van der Waals surface area contributed by atoms with Gasteiger partial charge in [-0.1, -0.05) is 30.3 Å². The van der Waals surface area contributed by atoms with Gasteiger partial charge in [0.15, 0.2) is 0 Å². The minimum atomic E-state index is -3.67. The molecule has 0 saturated heterocycles. The van der Waals surface area contributed by atoms with Crippen LogP contribution in [0.25, 0.3) is 27.9 Å². The molecule has 5 aromatic rings. The normalized spacial score (nSPS) is 11.7. The van der Waals surface area contributed by atoms with Gasteiger partial charge in [-0.2, -0.15) is 5.10 Å². The van der Waals surface area contributed by atoms with Gasteiger partial charge in [0.1, 0.15) is 11.4 Å². The molecule has 0 unspecified atom stereocenters. The van der Waals surface area contributed by atoms with Gasteiger partial charge in [-0.15, -0.1) is 0 Å². The highest BCUT2D eigenvalue weighted by atomic mass is 32.2. The lowest BCUT2D eigenvalue weighted by molar-refractivity contribution is 0.415. The Morgan fingerprint density at radius 2 is 1.42 bits per heavy atom. The summed E-state index contributed by atoms with van der Waals surface area (Å²) in [4.78, 5) is 0.239. The minimum absolute atomic E-state index is 0.239. The average Bonchev–Trinajstić information content (AvgIpc) is 3.39. The van der Waals surface area contributed by atoms with Crippen molar-refractivity contribution in [2.75, 3.05) is 7.11 Å². The first-order valence-electron chi connectivity index (χ1n) is 10.5. The third kappa shape index (κ3) is 3.50. The van der Waals surface area contributed by atoms with Crippen LogP contribution in [0.5, 0.6) is 5.75 Å². The van der Waals surface area contributed by atoms with Crippen molar-refractivity contribution in [1.29, 1.82) is 0 Å². The van der Waals surface area contributed by atoms with Crippen molar-refractivity contribution in [3.63, 3.8) is 0 Å². The van der Waals surface area contributed by atoms with Crippen LogP contribution in [-0.2, 0) is 10.0 Å². The van der Waals surface area contributed by atoms with Crippen LogP contribution in [0, 0.1) is 13.8 Å². The van der Waals surface area contributed by atoms with Gasteiger partial charge in [-0.05, 0) is 67.9 Å². The molecule has 7 heteroatoms. The summed E-state index contributed by atoms with van der Waals surface area (Å²) >= 11 is 0. The van der Waals surface area contributed by atoms with E-state index in [0.29, 0.717) is 11.4 Å². The molecule has 0 radical (unpaired) electrons. The summed E-state index contributed by atoms with van der Waals surface area (Å²) in [5.41, 5.74) is 5.92. The van der Waals surface area contributed by atoms with Crippen LogP contribution in [0.15, 0.2) is 90.0 Å². The van der Waals surface area contributed by atoms with Gasteiger partial charge in [-0.25, -0.2) is 16.9 Å². The summed E-state index contributed by atoms with van der Waals surface area (Å²) < 4.78 is 34.9. The number of hydrogen-bond donors (Lipinski definition) is 0. The first-order valence-corrected chi connectivity index (χ1v) is 12.0. The maximum Gasteiger partial charge on any atom is 0.268 e. The molecular formula is C26H23N3O3S. The van der Waals surface area contributed by atoms with Crippen LogP contribution in [0.4, 0.5) is 0 Å². The Kier molecular flexibility index (Phi) is 5.06. The van der Waals surface area contributed by atoms with E-state index < -0.39 is 10.0 Å². The van der Waals surface area contributed by atoms with E-state index in [1.807, 2.05) is 65.3 Å². The Balaban J connectivity index is 1.63. The fourth-order valence-electron chi connectivity index (χ4n) is 4.17. The highest BCUT2D eigenvalue weighted by molar-refractivity contribution is 7.90. The molecule has 0 aliphatic rings. The molecule has 0 atom stereocenters. The zero-order valence-corrected chi connectivity index (χ0v) is 19.4. The van der Waals surface area contributed by atoms with Crippen LogP contribution in [0.3, 0.4) is 0 Å². The molecule has 5 rings (SSSR count). The third-order valence-corrected chi connectivity index (χ3v) is 7.72. The van der Waals surface area contributed by atoms with Gasteiger partial charge in [0.2, 0.25) is 0 Å². The molecule has 166 valence electrons. The second-order valence-corrected chi connectivity index (χ2v) is 9.68. The van der Waals surface area contributed by atoms with E-state index in [-0.39, 0.29) is 4.90 Å². The van der Waals surface area contributed by atoms with E-state index in [1.165, 1.54) is 3.97 Å². The van der Waals surface area contributed by atoms with Gasteiger partial charge in [0.25, 0.3) is 10.0 Å². The Bertz CT molecular complexity index is 1540. The molecule has 0 bridgehead atoms. The Labute approximate surface area is 192 Å². The third-order valence-electron chi connectivity index (χ3n) is 5.79. The lowest BCUT2D eigenvalue weighted by Gasteiger charge is -2.11. The fraction of sp³-hybridized carbons (Fsp3) is 0.115. The molecule has 3 heterocycles. The lowest BCUT2D eigenvalue weighted by Crippen LogP contribution is -2.15. The minimum Gasteiger partial charge on any atom is -0.497 e. The van der Waals surface area contributed by atoms with Gasteiger partial charge < -0.3 is 4.74 Å². The maximum atomic E-state index is 13.2. The molecule has 0 N–H and O–H groups in total. The summed E-state index contributed by atoms with van der Waals surface area (Å²) in [7, 11) is -2.03. The van der Waals surface area contributed by atoms with E-state index >= 15 is 0 Å². The molecule has 33 heavy (non-hydrogen) atoms. The number of nitrogens with zero attached hydrogens (tertiary/aromatic N) is 3. The van der Waals surface area contributed by atoms with Gasteiger partial charge in [0.05, 0.1) is 17.5 Å². The Hall–Kier alpha value is -3.84. The number of benzene rings is 2. The first kappa shape index (κ1) is 21.0. The SMILES string of the molecule is COc1ccc(-c2c(-c3ccc(S(=O)(=O)n4c(C)ccc4C)cc3)nn3ccccc23)cc1. The fourth-order valence-corrected chi connectivity index (χ4v) is 5.74. The van der Waals surface area contributed by atoms with Crippen molar-refractivity contribution < 1.29 is 13.2 Å². The molecule has 3 aromatic heterocycles. The number of aryl methyl sites for hydroxylation is 2. The number of fused-ring (bicyclic) bond motifs is 1. The van der Waals surface area contributed by atoms with Crippen LogP contribution in [-0.4, -0.2) is 29.1 Å². The van der Waals surface area contributed by atoms with Crippen LogP contribution in [0.1, 0.15) is 11.4 Å². The molecule has 0 spiro atoms. The molecule has 0 aliphatic heterocycles. The van der Waals surface area contributed by atoms with Crippen molar-refractivity contribution in [2.24, 2.45) is 0 Å². The van der Waals surface area contributed by atoms with Gasteiger partial charge in [0, 0.05) is 28.7 Å². The molecule has 2 aromatic carbocycles. The van der Waals surface area contributed by atoms with Crippen LogP contribution in [0.2, 0.25) is 0 Å². The van der Waals surface area contributed by atoms with Gasteiger partial charge in [-0.3, -0.25) is 0 Å². The summed E-state index contributed by atoms with van der Waals surface area (Å²) in [6, 6.07) is 24.3. The smallest absolute Gasteiger partial charge is 0.268 e. The lowest BCUT2D eigenvalue weighted by atomic mass is 10.00. The molecule has 6 nitrogen and oxygen atoms in total. The molecule has 0 saturated carbocycles. The van der Waals surface area contributed by atoms with Crippen LogP contribution < -0.4 is 4.74 Å². The highest BCUT2D eigenvalue weighted by Gasteiger charge is 2.21. The van der Waals surface area contributed by atoms with Crippen LogP contribution >= 0.6 is 0 Å². The summed E-state index contributed by atoms with van der Waals surface area (Å²) in [5.74, 6) is 0.780. The van der Waals surface area contributed by atoms with Crippen molar-refractivity contribution in [1.82, 2.24) is 13.6 Å².